The van der Waals surface area contributed by atoms with Crippen molar-refractivity contribution in [3.63, 3.8) is 0 Å². The Balaban J connectivity index is 1.32. The van der Waals surface area contributed by atoms with Gasteiger partial charge < -0.3 is 20.1 Å². The molecule has 0 saturated carbocycles. The van der Waals surface area contributed by atoms with Gasteiger partial charge in [0.05, 0.1) is 27.8 Å². The maximum atomic E-state index is 12.9. The number of carbonyl (C=O) groups is 5. The molecule has 0 atom stereocenters. The van der Waals surface area contributed by atoms with E-state index in [4.69, 9.17) is 21.1 Å². The summed E-state index contributed by atoms with van der Waals surface area (Å²) in [5, 5.41) is 4.93. The highest BCUT2D eigenvalue weighted by molar-refractivity contribution is 9.10. The minimum absolute atomic E-state index is 0.0747. The van der Waals surface area contributed by atoms with Crippen molar-refractivity contribution < 1.29 is 33.4 Å². The number of ether oxygens (including phenoxy) is 2. The van der Waals surface area contributed by atoms with Crippen molar-refractivity contribution in [1.82, 2.24) is 4.90 Å². The third-order valence-electron chi connectivity index (χ3n) is 6.33. The third kappa shape index (κ3) is 8.28. The van der Waals surface area contributed by atoms with Gasteiger partial charge >= 0.3 is 5.97 Å². The Hall–Kier alpha value is -4.13. The van der Waals surface area contributed by atoms with Crippen molar-refractivity contribution in [2.45, 2.75) is 20.8 Å². The molecule has 0 bridgehead atoms. The molecule has 4 rings (SSSR count). The number of thioether (sulfide) groups is 1. The van der Waals surface area contributed by atoms with E-state index in [1.807, 2.05) is 26.0 Å². The van der Waals surface area contributed by atoms with Crippen LogP contribution in [0.1, 0.15) is 34.0 Å². The van der Waals surface area contributed by atoms with Crippen LogP contribution in [0, 0.1) is 13.8 Å². The number of amides is 4. The number of esters is 1. The summed E-state index contributed by atoms with van der Waals surface area (Å²) in [4.78, 5) is 63.5. The molecule has 1 fully saturated rings. The van der Waals surface area contributed by atoms with Crippen molar-refractivity contribution in [3.05, 3.63) is 91.3 Å². The second-order valence-corrected chi connectivity index (χ2v) is 11.8. The number of halogens is 2. The molecule has 1 aliphatic heterocycles. The van der Waals surface area contributed by atoms with Crippen molar-refractivity contribution in [1.29, 1.82) is 0 Å². The van der Waals surface area contributed by atoms with Crippen LogP contribution in [0.5, 0.6) is 5.75 Å². The Bertz CT molecular complexity index is 1680. The average Bonchev–Trinajstić information content (AvgIpc) is 3.23. The molecule has 44 heavy (non-hydrogen) atoms. The summed E-state index contributed by atoms with van der Waals surface area (Å²) in [7, 11) is 0. The van der Waals surface area contributed by atoms with Gasteiger partial charge in [-0.2, -0.15) is 0 Å². The largest absolute Gasteiger partial charge is 0.484 e. The van der Waals surface area contributed by atoms with Crippen molar-refractivity contribution >= 4 is 85.7 Å². The monoisotopic (exact) mass is 699 g/mol. The van der Waals surface area contributed by atoms with Crippen LogP contribution in [-0.2, 0) is 19.1 Å². The number of nitrogens with zero attached hydrogens (tertiary/aromatic N) is 1. The lowest BCUT2D eigenvalue weighted by atomic mass is 10.1. The van der Waals surface area contributed by atoms with Gasteiger partial charge in [-0.05, 0) is 114 Å². The van der Waals surface area contributed by atoms with E-state index in [-0.39, 0.29) is 40.3 Å². The van der Waals surface area contributed by atoms with Crippen LogP contribution >= 0.6 is 39.3 Å². The molecular formula is C31H27BrClN3O7S. The number of benzene rings is 3. The van der Waals surface area contributed by atoms with Gasteiger partial charge in [-0.1, -0.05) is 23.7 Å². The molecule has 1 aliphatic rings. The Morgan fingerprint density at radius 1 is 0.977 bits per heavy atom. The van der Waals surface area contributed by atoms with Gasteiger partial charge in [0.15, 0.2) is 6.61 Å². The van der Waals surface area contributed by atoms with Crippen LogP contribution in [0.4, 0.5) is 16.2 Å². The van der Waals surface area contributed by atoms with E-state index in [1.165, 1.54) is 24.3 Å². The molecule has 1 saturated heterocycles. The number of hydrogen-bond donors (Lipinski definition) is 2. The third-order valence-corrected chi connectivity index (χ3v) is 8.22. The molecule has 0 radical (unpaired) electrons. The summed E-state index contributed by atoms with van der Waals surface area (Å²) >= 11 is 10.2. The predicted molar refractivity (Wildman–Crippen MR) is 173 cm³/mol. The molecule has 2 N–H and O–H groups in total. The van der Waals surface area contributed by atoms with E-state index in [2.05, 4.69) is 26.6 Å². The van der Waals surface area contributed by atoms with Crippen LogP contribution < -0.4 is 15.4 Å². The SMILES string of the molecule is CCOC(=O)c1cc(NC(=O)CN2C(=O)S/C(=C/c3ccc(OCC(=O)Nc4cc(C)c(C)cc4Br)cc3)C2=O)ccc1Cl. The highest BCUT2D eigenvalue weighted by Gasteiger charge is 2.36. The molecule has 0 spiro atoms. The highest BCUT2D eigenvalue weighted by atomic mass is 79.9. The lowest BCUT2D eigenvalue weighted by molar-refractivity contribution is -0.127. The molecule has 3 aromatic carbocycles. The fourth-order valence-electron chi connectivity index (χ4n) is 3.97. The van der Waals surface area contributed by atoms with E-state index in [0.29, 0.717) is 28.8 Å². The molecule has 13 heteroatoms. The quantitative estimate of drug-likeness (QED) is 0.179. The number of carbonyl (C=O) groups excluding carboxylic acids is 5. The zero-order valence-electron chi connectivity index (χ0n) is 23.9. The van der Waals surface area contributed by atoms with Crippen LogP contribution in [0.15, 0.2) is 64.0 Å². The first-order chi connectivity index (χ1) is 20.9. The molecule has 4 amide bonds. The molecule has 228 valence electrons. The zero-order chi connectivity index (χ0) is 32.0. The van der Waals surface area contributed by atoms with Crippen molar-refractivity contribution in [2.75, 3.05) is 30.4 Å². The number of imide groups is 1. The van der Waals surface area contributed by atoms with Gasteiger partial charge in [-0.3, -0.25) is 24.1 Å². The average molecular weight is 701 g/mol. The van der Waals surface area contributed by atoms with Gasteiger partial charge in [-0.25, -0.2) is 4.79 Å². The minimum Gasteiger partial charge on any atom is -0.484 e. The second-order valence-electron chi connectivity index (χ2n) is 9.55. The lowest BCUT2D eigenvalue weighted by Crippen LogP contribution is -2.36. The first-order valence-corrected chi connectivity index (χ1v) is 15.2. The molecule has 10 nitrogen and oxygen atoms in total. The number of aryl methyl sites for hydroxylation is 2. The van der Waals surface area contributed by atoms with Crippen LogP contribution in [0.25, 0.3) is 6.08 Å². The lowest BCUT2D eigenvalue weighted by Gasteiger charge is -2.13. The number of nitrogens with one attached hydrogen (secondary N) is 2. The maximum absolute atomic E-state index is 12.9. The van der Waals surface area contributed by atoms with E-state index in [1.54, 1.807) is 31.2 Å². The Morgan fingerprint density at radius 3 is 2.39 bits per heavy atom. The molecule has 0 aromatic heterocycles. The number of anilines is 2. The smallest absolute Gasteiger partial charge is 0.339 e. The standard InChI is InChI=1S/C31H27BrClN3O7S/c1-4-42-30(40)22-14-20(7-10-24(22)33)34-27(37)15-36-29(39)26(44-31(36)41)13-19-5-8-21(9-6-19)43-16-28(38)35-25-12-18(3)17(2)11-23(25)32/h5-14H,4,15-16H2,1-3H3,(H,34,37)(H,35,38)/b26-13+. The minimum atomic E-state index is -0.642. The van der Waals surface area contributed by atoms with E-state index < -0.39 is 29.6 Å². The van der Waals surface area contributed by atoms with Crippen molar-refractivity contribution in [2.24, 2.45) is 0 Å². The molecule has 0 aliphatic carbocycles. The number of hydrogen-bond acceptors (Lipinski definition) is 8. The van der Waals surface area contributed by atoms with Crippen LogP contribution in [0.3, 0.4) is 0 Å². The van der Waals surface area contributed by atoms with Crippen LogP contribution in [-0.4, -0.2) is 53.6 Å². The summed E-state index contributed by atoms with van der Waals surface area (Å²) < 4.78 is 11.3. The highest BCUT2D eigenvalue weighted by Crippen LogP contribution is 2.32. The Morgan fingerprint density at radius 2 is 1.68 bits per heavy atom. The summed E-state index contributed by atoms with van der Waals surface area (Å²) in [5.41, 5.74) is 3.74. The predicted octanol–water partition coefficient (Wildman–Crippen LogP) is 6.59. The topological polar surface area (TPSA) is 131 Å². The fraction of sp³-hybridized carbons (Fsp3) is 0.194. The maximum Gasteiger partial charge on any atom is 0.339 e. The van der Waals surface area contributed by atoms with E-state index in [0.717, 1.165) is 20.5 Å². The Kier molecular flexibility index (Phi) is 10.8. The summed E-state index contributed by atoms with van der Waals surface area (Å²) in [6.07, 6.45) is 1.53. The van der Waals surface area contributed by atoms with Gasteiger partial charge in [0.2, 0.25) is 5.91 Å². The second kappa shape index (κ2) is 14.6. The molecule has 1 heterocycles. The van der Waals surface area contributed by atoms with E-state index >= 15 is 0 Å². The normalized spacial score (nSPS) is 13.7. The summed E-state index contributed by atoms with van der Waals surface area (Å²) in [6, 6.07) is 14.7. The van der Waals surface area contributed by atoms with Crippen molar-refractivity contribution in [3.8, 4) is 5.75 Å². The Labute approximate surface area is 271 Å². The van der Waals surface area contributed by atoms with Gasteiger partial charge in [0, 0.05) is 10.2 Å². The first kappa shape index (κ1) is 32.8. The van der Waals surface area contributed by atoms with Gasteiger partial charge in [-0.15, -0.1) is 0 Å². The molecule has 3 aromatic rings. The summed E-state index contributed by atoms with van der Waals surface area (Å²) in [6.45, 7) is 5.02. The first-order valence-electron chi connectivity index (χ1n) is 13.3. The van der Waals surface area contributed by atoms with Gasteiger partial charge in [0.1, 0.15) is 12.3 Å². The summed E-state index contributed by atoms with van der Waals surface area (Å²) in [5.74, 6) is -1.79. The molecular weight excluding hydrogens is 674 g/mol. The molecule has 0 unspecified atom stereocenters. The fourth-order valence-corrected chi connectivity index (χ4v) is 5.56. The van der Waals surface area contributed by atoms with Gasteiger partial charge in [0.25, 0.3) is 17.1 Å². The van der Waals surface area contributed by atoms with Crippen LogP contribution in [0.2, 0.25) is 5.02 Å². The number of rotatable bonds is 10. The van der Waals surface area contributed by atoms with E-state index in [9.17, 15) is 24.0 Å². The zero-order valence-corrected chi connectivity index (χ0v) is 27.0.